The zero-order chi connectivity index (χ0) is 45.6. The van der Waals surface area contributed by atoms with Crippen LogP contribution in [0.1, 0.15) is 48.9 Å². The summed E-state index contributed by atoms with van der Waals surface area (Å²) in [5, 5.41) is 27.3. The molecule has 4 atom stereocenters. The zero-order valence-corrected chi connectivity index (χ0v) is 37.2. The minimum Gasteiger partial charge on any atom is -0.491 e. The third kappa shape index (κ3) is 8.61. The van der Waals surface area contributed by atoms with Gasteiger partial charge in [-0.05, 0) is 128 Å². The number of epoxide rings is 2. The van der Waals surface area contributed by atoms with Gasteiger partial charge in [0.25, 0.3) is 0 Å². The van der Waals surface area contributed by atoms with E-state index in [1.807, 2.05) is 135 Å². The third-order valence-electron chi connectivity index (χ3n) is 12.8. The summed E-state index contributed by atoms with van der Waals surface area (Å²) in [5.74, 6) is -0.507. The van der Waals surface area contributed by atoms with Gasteiger partial charge in [-0.2, -0.15) is 0 Å². The molecule has 67 heavy (non-hydrogen) atoms. The summed E-state index contributed by atoms with van der Waals surface area (Å²) in [5.41, 5.74) is 5.78. The van der Waals surface area contributed by atoms with E-state index in [1.165, 1.54) is 0 Å². The van der Waals surface area contributed by atoms with Crippen LogP contribution in [0.4, 0.5) is 0 Å². The van der Waals surface area contributed by atoms with Gasteiger partial charge in [0.1, 0.15) is 59.9 Å². The van der Waals surface area contributed by atoms with Crippen LogP contribution in [0.15, 0.2) is 170 Å². The molecule has 3 aliphatic rings. The lowest BCUT2D eigenvalue weighted by Gasteiger charge is -2.34. The van der Waals surface area contributed by atoms with E-state index in [0.29, 0.717) is 36.2 Å². The van der Waals surface area contributed by atoms with Gasteiger partial charge in [-0.1, -0.05) is 111 Å². The number of hydrogen-bond acceptors (Lipinski definition) is 10. The second-order valence-corrected chi connectivity index (χ2v) is 17.3. The smallest absolute Gasteiger partial charge is 0.368 e. The van der Waals surface area contributed by atoms with Crippen molar-refractivity contribution in [2.45, 2.75) is 56.3 Å². The summed E-state index contributed by atoms with van der Waals surface area (Å²) in [6, 6.07) is 55.6. The summed E-state index contributed by atoms with van der Waals surface area (Å²) in [4.78, 5) is 0. The highest BCUT2D eigenvalue weighted by Crippen LogP contribution is 2.56. The number of benzene rings is 8. The number of aliphatic hydroxyl groups is 2. The molecule has 0 amide bonds. The van der Waals surface area contributed by atoms with E-state index in [-0.39, 0.29) is 25.0 Å². The average Bonchev–Trinajstić information content (AvgIpc) is 4.32. The number of ether oxygens (including phenoxy) is 8. The lowest BCUT2D eigenvalue weighted by atomic mass is 9.68. The van der Waals surface area contributed by atoms with Crippen LogP contribution in [0.25, 0.3) is 32.7 Å². The van der Waals surface area contributed by atoms with Crippen LogP contribution < -0.4 is 28.4 Å². The molecular formula is C57H50O10. The van der Waals surface area contributed by atoms with Gasteiger partial charge in [-0.15, -0.1) is 0 Å². The van der Waals surface area contributed by atoms with Gasteiger partial charge < -0.3 is 48.1 Å². The van der Waals surface area contributed by atoms with Crippen LogP contribution in [0.2, 0.25) is 0 Å². The summed E-state index contributed by atoms with van der Waals surface area (Å²) < 4.78 is 47.0. The average molecular weight is 895 g/mol. The van der Waals surface area contributed by atoms with Crippen molar-refractivity contribution < 1.29 is 48.1 Å². The fourth-order valence-electron chi connectivity index (χ4n) is 9.05. The molecule has 8 aromatic carbocycles. The van der Waals surface area contributed by atoms with Crippen molar-refractivity contribution in [1.29, 1.82) is 0 Å². The van der Waals surface area contributed by atoms with Crippen LogP contribution in [-0.4, -0.2) is 60.8 Å². The standard InChI is InChI=1S/C57H50O10/c1-3-55(58,66-47-23-15-37-29-45(21-13-39(37)31-47)60-33-49-35-62-49)64-43-25-17-41(18-26-43)57(53-11-7-5-9-51(53)52-10-6-8-12-54(52)57)42-19-27-44(28-20-42)65-56(59,4-2)67-48-24-16-38-30-46(22-14-40(38)32-48)61-34-50-36-63-50/h5-32,49-50,58-59H,3-4,33-36H2,1-2H3. The van der Waals surface area contributed by atoms with Crippen LogP contribution in [0, 0.1) is 0 Å². The van der Waals surface area contributed by atoms with Crippen LogP contribution in [-0.2, 0) is 14.9 Å². The van der Waals surface area contributed by atoms with Crippen LogP contribution >= 0.6 is 0 Å². The Labute approximate surface area is 388 Å². The van der Waals surface area contributed by atoms with E-state index in [4.69, 9.17) is 37.9 Å². The fourth-order valence-corrected chi connectivity index (χ4v) is 9.05. The highest BCUT2D eigenvalue weighted by atomic mass is 16.8. The summed E-state index contributed by atoms with van der Waals surface area (Å²) in [6.07, 6.45) is 0.677. The first kappa shape index (κ1) is 42.5. The lowest BCUT2D eigenvalue weighted by Crippen LogP contribution is -2.41. The molecule has 4 unspecified atom stereocenters. The first-order chi connectivity index (χ1) is 32.7. The molecule has 2 N–H and O–H groups in total. The van der Waals surface area contributed by atoms with E-state index >= 15 is 0 Å². The molecular weight excluding hydrogens is 845 g/mol. The van der Waals surface area contributed by atoms with Crippen molar-refractivity contribution in [2.75, 3.05) is 26.4 Å². The molecule has 338 valence electrons. The van der Waals surface area contributed by atoms with Crippen molar-refractivity contribution in [2.24, 2.45) is 0 Å². The Bertz CT molecular complexity index is 2860. The highest BCUT2D eigenvalue weighted by molar-refractivity contribution is 5.87. The molecule has 2 saturated heterocycles. The molecule has 0 aromatic heterocycles. The molecule has 10 nitrogen and oxygen atoms in total. The molecule has 10 heteroatoms. The maximum Gasteiger partial charge on any atom is 0.368 e. The van der Waals surface area contributed by atoms with Crippen molar-refractivity contribution in [1.82, 2.24) is 0 Å². The predicted molar refractivity (Wildman–Crippen MR) is 255 cm³/mol. The van der Waals surface area contributed by atoms with Gasteiger partial charge in [0, 0.05) is 0 Å². The van der Waals surface area contributed by atoms with Crippen LogP contribution in [0.3, 0.4) is 0 Å². The Morgan fingerprint density at radius 3 is 1.15 bits per heavy atom. The summed E-state index contributed by atoms with van der Waals surface area (Å²) in [7, 11) is 0. The van der Waals surface area contributed by atoms with E-state index in [9.17, 15) is 10.2 Å². The van der Waals surface area contributed by atoms with Crippen LogP contribution in [0.5, 0.6) is 34.5 Å². The molecule has 0 radical (unpaired) electrons. The first-order valence-electron chi connectivity index (χ1n) is 22.9. The molecule has 8 aromatic rings. The zero-order valence-electron chi connectivity index (χ0n) is 37.2. The Hall–Kier alpha value is -7.08. The second kappa shape index (κ2) is 17.3. The van der Waals surface area contributed by atoms with E-state index in [1.54, 1.807) is 0 Å². The molecule has 2 aliphatic heterocycles. The molecule has 0 spiro atoms. The number of hydrogen-bond donors (Lipinski definition) is 2. The Morgan fingerprint density at radius 2 is 0.776 bits per heavy atom. The monoisotopic (exact) mass is 894 g/mol. The third-order valence-corrected chi connectivity index (χ3v) is 12.8. The second-order valence-electron chi connectivity index (χ2n) is 17.3. The van der Waals surface area contributed by atoms with E-state index < -0.39 is 17.4 Å². The quantitative estimate of drug-likeness (QED) is 0.0636. The highest BCUT2D eigenvalue weighted by Gasteiger charge is 2.46. The predicted octanol–water partition coefficient (Wildman–Crippen LogP) is 10.9. The molecule has 2 fully saturated rings. The maximum atomic E-state index is 11.7. The van der Waals surface area contributed by atoms with Crippen molar-refractivity contribution in [3.8, 4) is 45.6 Å². The van der Waals surface area contributed by atoms with Gasteiger partial charge in [0.2, 0.25) is 0 Å². The minimum absolute atomic E-state index is 0.163. The summed E-state index contributed by atoms with van der Waals surface area (Å²) in [6.45, 7) is 6.17. The van der Waals surface area contributed by atoms with Gasteiger partial charge in [-0.25, -0.2) is 0 Å². The van der Waals surface area contributed by atoms with Gasteiger partial charge >= 0.3 is 11.9 Å². The normalized spacial score (nSPS) is 18.2. The topological polar surface area (TPSA) is 121 Å². The molecule has 2 heterocycles. The Balaban J connectivity index is 0.849. The van der Waals surface area contributed by atoms with Gasteiger partial charge in [0.05, 0.1) is 31.5 Å². The van der Waals surface area contributed by atoms with Gasteiger partial charge in [0.15, 0.2) is 0 Å². The molecule has 0 bridgehead atoms. The number of fused-ring (bicyclic) bond motifs is 5. The molecule has 11 rings (SSSR count). The maximum absolute atomic E-state index is 11.7. The summed E-state index contributed by atoms with van der Waals surface area (Å²) >= 11 is 0. The molecule has 0 saturated carbocycles. The van der Waals surface area contributed by atoms with Crippen molar-refractivity contribution in [3.63, 3.8) is 0 Å². The van der Waals surface area contributed by atoms with Crippen molar-refractivity contribution >= 4 is 21.5 Å². The minimum atomic E-state index is -1.94. The van der Waals surface area contributed by atoms with E-state index in [2.05, 4.69) is 48.5 Å². The first-order valence-corrected chi connectivity index (χ1v) is 22.9. The Kier molecular flexibility index (Phi) is 11.0. The lowest BCUT2D eigenvalue weighted by molar-refractivity contribution is -0.274. The number of rotatable bonds is 18. The van der Waals surface area contributed by atoms with Gasteiger partial charge in [-0.3, -0.25) is 0 Å². The van der Waals surface area contributed by atoms with Crippen molar-refractivity contribution in [3.05, 3.63) is 192 Å². The largest absolute Gasteiger partial charge is 0.491 e. The fraction of sp³-hybridized carbons (Fsp3) is 0.228. The molecule has 1 aliphatic carbocycles. The SMILES string of the molecule is CCC(O)(Oc1ccc(C2(c3ccc(OC(O)(CC)Oc4ccc5cc(OCC6CO6)ccc5c4)cc3)c3ccccc3-c3ccccc32)cc1)Oc1ccc2cc(OCC3CO3)ccc2c1. The Morgan fingerprint density at radius 1 is 0.448 bits per heavy atom. The van der Waals surface area contributed by atoms with E-state index in [0.717, 1.165) is 79.6 Å².